The van der Waals surface area contributed by atoms with E-state index in [1.807, 2.05) is 6.07 Å². The number of hydrogen-bond acceptors (Lipinski definition) is 4. The second-order valence-corrected chi connectivity index (χ2v) is 6.22. The Morgan fingerprint density at radius 2 is 1.65 bits per heavy atom. The van der Waals surface area contributed by atoms with Crippen molar-refractivity contribution in [1.82, 2.24) is 4.90 Å². The second kappa shape index (κ2) is 9.02. The van der Waals surface area contributed by atoms with Crippen LogP contribution in [-0.4, -0.2) is 36.3 Å². The van der Waals surface area contributed by atoms with Gasteiger partial charge in [-0.15, -0.1) is 0 Å². The average Bonchev–Trinajstić information content (AvgIpc) is 2.66. The first kappa shape index (κ1) is 19.5. The van der Waals surface area contributed by atoms with Gasteiger partial charge in [-0.2, -0.15) is 5.26 Å². The minimum Gasteiger partial charge on any atom is -0.481 e. The Labute approximate surface area is 157 Å². The zero-order valence-corrected chi connectivity index (χ0v) is 15.4. The number of carbonyl (C=O) groups is 2. The molecule has 1 amide bonds. The maximum absolute atomic E-state index is 12.4. The standard InChI is InChI=1S/C20H19ClN2O3/c1-14(20(25)23(2)13-3-12-22)26-18-10-6-16(7-11-18)19(24)15-4-8-17(21)9-5-15/h4-11,14H,3,13H2,1-2H3/t14-/m1/s1. The smallest absolute Gasteiger partial charge is 0.263 e. The highest BCUT2D eigenvalue weighted by Gasteiger charge is 2.19. The number of amides is 1. The zero-order valence-electron chi connectivity index (χ0n) is 14.6. The molecule has 0 N–H and O–H groups in total. The molecule has 0 unspecified atom stereocenters. The Kier molecular flexibility index (Phi) is 6.76. The summed E-state index contributed by atoms with van der Waals surface area (Å²) >= 11 is 5.83. The van der Waals surface area contributed by atoms with Crippen LogP contribution in [0.25, 0.3) is 0 Å². The molecule has 0 heterocycles. The lowest BCUT2D eigenvalue weighted by Gasteiger charge is -2.21. The summed E-state index contributed by atoms with van der Waals surface area (Å²) in [5.74, 6) is 0.169. The molecule has 26 heavy (non-hydrogen) atoms. The van der Waals surface area contributed by atoms with Gasteiger partial charge in [-0.05, 0) is 55.5 Å². The summed E-state index contributed by atoms with van der Waals surface area (Å²) in [6, 6.07) is 15.3. The Morgan fingerprint density at radius 3 is 2.19 bits per heavy atom. The molecule has 1 atom stereocenters. The summed E-state index contributed by atoms with van der Waals surface area (Å²) in [5, 5.41) is 9.16. The van der Waals surface area contributed by atoms with E-state index in [0.717, 1.165) is 0 Å². The van der Waals surface area contributed by atoms with E-state index in [0.29, 0.717) is 28.4 Å². The van der Waals surface area contributed by atoms with E-state index in [1.54, 1.807) is 62.5 Å². The van der Waals surface area contributed by atoms with Crippen molar-refractivity contribution in [3.63, 3.8) is 0 Å². The zero-order chi connectivity index (χ0) is 19.1. The van der Waals surface area contributed by atoms with E-state index in [-0.39, 0.29) is 18.1 Å². The van der Waals surface area contributed by atoms with Gasteiger partial charge in [-0.3, -0.25) is 9.59 Å². The largest absolute Gasteiger partial charge is 0.481 e. The predicted octanol–water partition coefficient (Wildman–Crippen LogP) is 3.71. The molecule has 0 saturated carbocycles. The lowest BCUT2D eigenvalue weighted by atomic mass is 10.0. The predicted molar refractivity (Wildman–Crippen MR) is 99.3 cm³/mol. The van der Waals surface area contributed by atoms with Crippen LogP contribution in [0, 0.1) is 11.3 Å². The molecule has 6 heteroatoms. The molecular weight excluding hydrogens is 352 g/mol. The van der Waals surface area contributed by atoms with Crippen LogP contribution in [0.2, 0.25) is 5.02 Å². The Bertz CT molecular complexity index is 810. The Morgan fingerprint density at radius 1 is 1.12 bits per heavy atom. The lowest BCUT2D eigenvalue weighted by molar-refractivity contribution is -0.136. The van der Waals surface area contributed by atoms with Crippen molar-refractivity contribution in [1.29, 1.82) is 5.26 Å². The third-order valence-corrected chi connectivity index (χ3v) is 4.07. The first-order chi connectivity index (χ1) is 12.4. The molecule has 2 aromatic carbocycles. The first-order valence-corrected chi connectivity index (χ1v) is 8.49. The van der Waals surface area contributed by atoms with E-state index in [4.69, 9.17) is 21.6 Å². The maximum Gasteiger partial charge on any atom is 0.263 e. The van der Waals surface area contributed by atoms with Crippen molar-refractivity contribution < 1.29 is 14.3 Å². The van der Waals surface area contributed by atoms with Gasteiger partial charge in [-0.25, -0.2) is 0 Å². The van der Waals surface area contributed by atoms with Crippen LogP contribution in [-0.2, 0) is 4.79 Å². The van der Waals surface area contributed by atoms with Crippen LogP contribution in [0.5, 0.6) is 5.75 Å². The molecule has 0 aliphatic heterocycles. The van der Waals surface area contributed by atoms with Crippen molar-refractivity contribution in [2.24, 2.45) is 0 Å². The van der Waals surface area contributed by atoms with E-state index in [2.05, 4.69) is 0 Å². The number of nitriles is 1. The van der Waals surface area contributed by atoms with Gasteiger partial charge < -0.3 is 9.64 Å². The van der Waals surface area contributed by atoms with E-state index in [1.165, 1.54) is 4.90 Å². The number of likely N-dealkylation sites (N-methyl/N-ethyl adjacent to an activating group) is 1. The highest BCUT2D eigenvalue weighted by Crippen LogP contribution is 2.18. The van der Waals surface area contributed by atoms with Crippen molar-refractivity contribution >= 4 is 23.3 Å². The van der Waals surface area contributed by atoms with Crippen LogP contribution < -0.4 is 4.74 Å². The Balaban J connectivity index is 2.00. The summed E-state index contributed by atoms with van der Waals surface area (Å²) in [5.41, 5.74) is 1.07. The van der Waals surface area contributed by atoms with E-state index < -0.39 is 6.10 Å². The molecule has 0 aliphatic carbocycles. The lowest BCUT2D eigenvalue weighted by Crippen LogP contribution is -2.38. The molecule has 0 saturated heterocycles. The van der Waals surface area contributed by atoms with Gasteiger partial charge in [0.15, 0.2) is 11.9 Å². The van der Waals surface area contributed by atoms with Gasteiger partial charge >= 0.3 is 0 Å². The summed E-state index contributed by atoms with van der Waals surface area (Å²) in [7, 11) is 1.63. The van der Waals surface area contributed by atoms with Gasteiger partial charge in [0.05, 0.1) is 12.5 Å². The van der Waals surface area contributed by atoms with Crippen LogP contribution >= 0.6 is 11.6 Å². The van der Waals surface area contributed by atoms with Crippen molar-refractivity contribution in [2.45, 2.75) is 19.4 Å². The number of rotatable bonds is 7. The molecule has 0 bridgehead atoms. The summed E-state index contributed by atoms with van der Waals surface area (Å²) < 4.78 is 5.63. The molecule has 0 spiro atoms. The highest BCUT2D eigenvalue weighted by molar-refractivity contribution is 6.30. The average molecular weight is 371 g/mol. The molecule has 0 aromatic heterocycles. The molecule has 5 nitrogen and oxygen atoms in total. The first-order valence-electron chi connectivity index (χ1n) is 8.11. The molecule has 2 aromatic rings. The minimum absolute atomic E-state index is 0.117. The number of ether oxygens (including phenoxy) is 1. The van der Waals surface area contributed by atoms with Crippen LogP contribution in [0.15, 0.2) is 48.5 Å². The van der Waals surface area contributed by atoms with Crippen LogP contribution in [0.4, 0.5) is 0 Å². The van der Waals surface area contributed by atoms with Gasteiger partial charge in [0, 0.05) is 29.7 Å². The normalized spacial score (nSPS) is 11.3. The third kappa shape index (κ3) is 5.08. The highest BCUT2D eigenvalue weighted by atomic mass is 35.5. The number of ketones is 1. The van der Waals surface area contributed by atoms with Gasteiger partial charge in [-0.1, -0.05) is 11.6 Å². The number of halogens is 1. The van der Waals surface area contributed by atoms with Gasteiger partial charge in [0.2, 0.25) is 0 Å². The minimum atomic E-state index is -0.684. The molecule has 134 valence electrons. The van der Waals surface area contributed by atoms with Crippen molar-refractivity contribution in [3.8, 4) is 11.8 Å². The molecular formula is C20H19ClN2O3. The van der Waals surface area contributed by atoms with Gasteiger partial charge in [0.25, 0.3) is 5.91 Å². The fourth-order valence-corrected chi connectivity index (χ4v) is 2.47. The topological polar surface area (TPSA) is 70.4 Å². The Hall–Kier alpha value is -2.84. The molecule has 0 aliphatic rings. The number of benzene rings is 2. The van der Waals surface area contributed by atoms with Crippen molar-refractivity contribution in [2.75, 3.05) is 13.6 Å². The monoisotopic (exact) mass is 370 g/mol. The quantitative estimate of drug-likeness (QED) is 0.696. The summed E-state index contributed by atoms with van der Waals surface area (Å²) in [4.78, 5) is 26.1. The second-order valence-electron chi connectivity index (χ2n) is 5.79. The van der Waals surface area contributed by atoms with Crippen molar-refractivity contribution in [3.05, 3.63) is 64.7 Å². The fourth-order valence-electron chi connectivity index (χ4n) is 2.35. The summed E-state index contributed by atoms with van der Waals surface area (Å²) in [6.45, 7) is 2.01. The number of carbonyl (C=O) groups excluding carboxylic acids is 2. The molecule has 0 fully saturated rings. The maximum atomic E-state index is 12.4. The number of hydrogen-bond donors (Lipinski definition) is 0. The van der Waals surface area contributed by atoms with E-state index >= 15 is 0 Å². The summed E-state index contributed by atoms with van der Waals surface area (Å²) in [6.07, 6.45) is -0.410. The van der Waals surface area contributed by atoms with Crippen LogP contribution in [0.3, 0.4) is 0 Å². The molecule has 0 radical (unpaired) electrons. The number of nitrogens with zero attached hydrogens (tertiary/aromatic N) is 2. The van der Waals surface area contributed by atoms with Gasteiger partial charge in [0.1, 0.15) is 5.75 Å². The molecule has 2 rings (SSSR count). The van der Waals surface area contributed by atoms with Crippen LogP contribution in [0.1, 0.15) is 29.3 Å². The SMILES string of the molecule is C[C@@H](Oc1ccc(C(=O)c2ccc(Cl)cc2)cc1)C(=O)N(C)CCC#N. The van der Waals surface area contributed by atoms with E-state index in [9.17, 15) is 9.59 Å². The third-order valence-electron chi connectivity index (χ3n) is 3.82. The fraction of sp³-hybridized carbons (Fsp3) is 0.250.